The predicted octanol–water partition coefficient (Wildman–Crippen LogP) is 2.57. The van der Waals surface area contributed by atoms with Gasteiger partial charge in [0.2, 0.25) is 17.6 Å². The van der Waals surface area contributed by atoms with E-state index in [2.05, 4.69) is 10.3 Å². The largest absolute Gasteiger partial charge is 0.501 e. The molecule has 174 valence electrons. The van der Waals surface area contributed by atoms with E-state index in [0.717, 1.165) is 12.0 Å². The van der Waals surface area contributed by atoms with E-state index in [4.69, 9.17) is 0 Å². The summed E-state index contributed by atoms with van der Waals surface area (Å²) < 4.78 is 1.39. The van der Waals surface area contributed by atoms with Crippen LogP contribution in [0, 0.1) is 0 Å². The number of carbonyl (C=O) groups excluding carboxylic acids is 3. The third-order valence-corrected chi connectivity index (χ3v) is 6.41. The molecule has 9 heteroatoms. The average molecular weight is 453 g/mol. The van der Waals surface area contributed by atoms with Gasteiger partial charge in [-0.25, -0.2) is 4.98 Å². The van der Waals surface area contributed by atoms with E-state index < -0.39 is 23.1 Å². The second-order valence-corrected chi connectivity index (χ2v) is 8.62. The number of aryl methyl sites for hydroxylation is 1. The molecule has 0 saturated carbocycles. The summed E-state index contributed by atoms with van der Waals surface area (Å²) in [6, 6.07) is 6.70. The monoisotopic (exact) mass is 452 g/mol. The van der Waals surface area contributed by atoms with Crippen molar-refractivity contribution in [2.75, 3.05) is 12.4 Å². The summed E-state index contributed by atoms with van der Waals surface area (Å²) in [4.78, 5) is 57.3. The first-order valence-corrected chi connectivity index (χ1v) is 11.4. The lowest BCUT2D eigenvalue weighted by molar-refractivity contribution is -0.132. The van der Waals surface area contributed by atoms with Gasteiger partial charge in [0.1, 0.15) is 5.82 Å². The van der Waals surface area contributed by atoms with E-state index in [9.17, 15) is 24.3 Å². The summed E-state index contributed by atoms with van der Waals surface area (Å²) in [5, 5.41) is 13.4. The fraction of sp³-hybridized carbons (Fsp3) is 0.458. The lowest BCUT2D eigenvalue weighted by atomic mass is 10.0. The van der Waals surface area contributed by atoms with Gasteiger partial charge >= 0.3 is 0 Å². The number of Topliss-reactive ketones (excluding diaryl/α,β-unsaturated/α-hetero) is 1. The Balaban J connectivity index is 1.78. The normalized spacial score (nSPS) is 20.1. The maximum Gasteiger partial charge on any atom is 0.296 e. The number of fused-ring (bicyclic) bond motifs is 2. The Kier molecular flexibility index (Phi) is 6.57. The standard InChI is InChI=1S/C24H28N4O5/c1-27-17-9-4-5-14-28-23(17)26-21(22(32)24(28)33)18(29)13-12-15-7-2-3-8-16(15)25-19(30)10-6-11-20(27)31/h2-3,7-8,17,32H,4-6,9-14H2,1H3,(H,25,30). The molecule has 4 rings (SSSR count). The number of nitrogens with one attached hydrogen (secondary N) is 1. The molecule has 1 unspecified atom stereocenters. The number of hydrogen-bond acceptors (Lipinski definition) is 6. The topological polar surface area (TPSA) is 122 Å². The maximum absolute atomic E-state index is 13.0. The van der Waals surface area contributed by atoms with Gasteiger partial charge in [-0.2, -0.15) is 0 Å². The number of hydrogen-bond donors (Lipinski definition) is 2. The van der Waals surface area contributed by atoms with Crippen LogP contribution in [0.25, 0.3) is 0 Å². The minimum atomic E-state index is -0.652. The molecular weight excluding hydrogens is 424 g/mol. The molecule has 0 spiro atoms. The highest BCUT2D eigenvalue weighted by atomic mass is 16.3. The number of carbonyl (C=O) groups is 3. The molecule has 2 aliphatic rings. The fourth-order valence-corrected chi connectivity index (χ4v) is 4.52. The van der Waals surface area contributed by atoms with Crippen LogP contribution < -0.4 is 10.9 Å². The van der Waals surface area contributed by atoms with Gasteiger partial charge in [0.15, 0.2) is 11.5 Å². The van der Waals surface area contributed by atoms with Crippen LogP contribution in [0.1, 0.15) is 72.9 Å². The van der Waals surface area contributed by atoms with Crippen LogP contribution in [0.5, 0.6) is 5.75 Å². The SMILES string of the molecule is CN1C(=O)CCCC(=O)Nc2ccccc2CCC(=O)c2nc3n(c(=O)c2O)CCCCC31. The summed E-state index contributed by atoms with van der Waals surface area (Å²) in [7, 11) is 1.66. The van der Waals surface area contributed by atoms with Crippen molar-refractivity contribution in [3.8, 4) is 5.75 Å². The quantitative estimate of drug-likeness (QED) is 0.634. The Bertz CT molecular complexity index is 1160. The van der Waals surface area contributed by atoms with E-state index in [1.54, 1.807) is 24.1 Å². The lowest BCUT2D eigenvalue weighted by Gasteiger charge is -2.28. The summed E-state index contributed by atoms with van der Waals surface area (Å²) >= 11 is 0. The second-order valence-electron chi connectivity index (χ2n) is 8.62. The summed E-state index contributed by atoms with van der Waals surface area (Å²) in [6.45, 7) is 0.370. The van der Waals surface area contributed by atoms with Crippen LogP contribution in [0.4, 0.5) is 5.69 Å². The molecule has 0 aliphatic carbocycles. The van der Waals surface area contributed by atoms with E-state index in [1.807, 2.05) is 12.1 Å². The highest BCUT2D eigenvalue weighted by Crippen LogP contribution is 2.30. The third-order valence-electron chi connectivity index (χ3n) is 6.41. The Morgan fingerprint density at radius 1 is 1.00 bits per heavy atom. The zero-order valence-corrected chi connectivity index (χ0v) is 18.7. The van der Waals surface area contributed by atoms with Gasteiger partial charge in [-0.1, -0.05) is 18.2 Å². The van der Waals surface area contributed by atoms with E-state index in [0.29, 0.717) is 43.7 Å². The Morgan fingerprint density at radius 2 is 1.79 bits per heavy atom. The highest BCUT2D eigenvalue weighted by molar-refractivity contribution is 5.97. The number of aromatic hydroxyl groups is 1. The molecule has 2 bridgehead atoms. The smallest absolute Gasteiger partial charge is 0.296 e. The van der Waals surface area contributed by atoms with Crippen molar-refractivity contribution >= 4 is 23.3 Å². The van der Waals surface area contributed by atoms with Gasteiger partial charge in [0.05, 0.1) is 6.04 Å². The highest BCUT2D eigenvalue weighted by Gasteiger charge is 2.31. The first-order valence-electron chi connectivity index (χ1n) is 11.4. The average Bonchev–Trinajstić information content (AvgIpc) is 3.02. The molecule has 2 amide bonds. The molecule has 2 aliphatic heterocycles. The predicted molar refractivity (Wildman–Crippen MR) is 121 cm³/mol. The first kappa shape index (κ1) is 22.7. The van der Waals surface area contributed by atoms with Crippen LogP contribution in [0.2, 0.25) is 0 Å². The first-order chi connectivity index (χ1) is 15.9. The number of nitrogens with zero attached hydrogens (tertiary/aromatic N) is 3. The maximum atomic E-state index is 13.0. The number of rotatable bonds is 0. The van der Waals surface area contributed by atoms with Crippen molar-refractivity contribution in [2.24, 2.45) is 0 Å². The van der Waals surface area contributed by atoms with Crippen molar-refractivity contribution in [1.82, 2.24) is 14.5 Å². The van der Waals surface area contributed by atoms with E-state index >= 15 is 0 Å². The van der Waals surface area contributed by atoms with E-state index in [-0.39, 0.29) is 36.8 Å². The zero-order chi connectivity index (χ0) is 23.5. The molecule has 1 aromatic carbocycles. The van der Waals surface area contributed by atoms with Crippen molar-refractivity contribution in [1.29, 1.82) is 0 Å². The van der Waals surface area contributed by atoms with Gasteiger partial charge in [-0.3, -0.25) is 23.7 Å². The third kappa shape index (κ3) is 4.67. The van der Waals surface area contributed by atoms with Gasteiger partial charge in [0.25, 0.3) is 5.56 Å². The van der Waals surface area contributed by atoms with Crippen molar-refractivity contribution in [3.05, 3.63) is 51.7 Å². The number of benzene rings is 1. The van der Waals surface area contributed by atoms with Crippen molar-refractivity contribution in [3.63, 3.8) is 0 Å². The number of aromatic nitrogens is 2. The number of para-hydroxylation sites is 1. The van der Waals surface area contributed by atoms with Gasteiger partial charge in [-0.05, 0) is 43.7 Å². The van der Waals surface area contributed by atoms with Crippen LogP contribution in [-0.4, -0.2) is 44.2 Å². The van der Waals surface area contributed by atoms with Crippen molar-refractivity contribution in [2.45, 2.75) is 64.0 Å². The van der Waals surface area contributed by atoms with Crippen LogP contribution in [-0.2, 0) is 22.6 Å². The van der Waals surface area contributed by atoms with E-state index in [1.165, 1.54) is 4.57 Å². The molecule has 1 atom stereocenters. The van der Waals surface area contributed by atoms with Gasteiger partial charge in [-0.15, -0.1) is 0 Å². The molecule has 33 heavy (non-hydrogen) atoms. The van der Waals surface area contributed by atoms with Gasteiger partial charge in [0, 0.05) is 38.5 Å². The molecule has 0 radical (unpaired) electrons. The Labute approximate surface area is 191 Å². The molecule has 2 aromatic rings. The number of amides is 2. The summed E-state index contributed by atoms with van der Waals surface area (Å²) in [6.07, 6.45) is 3.17. The Morgan fingerprint density at radius 3 is 2.61 bits per heavy atom. The molecule has 9 nitrogen and oxygen atoms in total. The zero-order valence-electron chi connectivity index (χ0n) is 18.7. The molecule has 1 aromatic heterocycles. The number of ketones is 1. The number of anilines is 1. The lowest BCUT2D eigenvalue weighted by Crippen LogP contribution is -2.36. The molecule has 2 N–H and O–H groups in total. The summed E-state index contributed by atoms with van der Waals surface area (Å²) in [5.41, 5.74) is 0.466. The molecule has 0 fully saturated rings. The van der Waals surface area contributed by atoms with Crippen LogP contribution in [0.3, 0.4) is 0 Å². The molecular formula is C24H28N4O5. The van der Waals surface area contributed by atoms with Crippen molar-refractivity contribution < 1.29 is 19.5 Å². The van der Waals surface area contributed by atoms with Crippen LogP contribution >= 0.6 is 0 Å². The second kappa shape index (κ2) is 9.56. The minimum absolute atomic E-state index is 0.00970. The Hall–Kier alpha value is -3.49. The summed E-state index contributed by atoms with van der Waals surface area (Å²) in [5.74, 6) is -1.13. The minimum Gasteiger partial charge on any atom is -0.501 e. The molecule has 0 saturated heterocycles. The van der Waals surface area contributed by atoms with Crippen LogP contribution in [0.15, 0.2) is 29.1 Å². The fourth-order valence-electron chi connectivity index (χ4n) is 4.52. The van der Waals surface area contributed by atoms with Gasteiger partial charge < -0.3 is 15.3 Å². The molecule has 3 heterocycles.